The maximum absolute atomic E-state index is 4.87. The van der Waals surface area contributed by atoms with Crippen LogP contribution < -0.4 is 0 Å². The zero-order valence-corrected chi connectivity index (χ0v) is 4.77. The number of rotatable bonds is 0. The van der Waals surface area contributed by atoms with Crippen LogP contribution in [0.5, 0.6) is 0 Å². The fourth-order valence-corrected chi connectivity index (χ4v) is 0. The first-order valence-corrected chi connectivity index (χ1v) is 1.23. The maximum atomic E-state index is 4.87. The Kier molecular flexibility index (Phi) is 20.0. The summed E-state index contributed by atoms with van der Waals surface area (Å²) in [6.07, 6.45) is 0. The summed E-state index contributed by atoms with van der Waals surface area (Å²) in [4.78, 5) is 0. The van der Waals surface area contributed by atoms with E-state index in [4.69, 9.17) is 11.6 Å². The van der Waals surface area contributed by atoms with Crippen molar-refractivity contribution in [2.24, 2.45) is 0 Å². The van der Waals surface area contributed by atoms with Crippen molar-refractivity contribution in [1.82, 2.24) is 0 Å². The Hall–Kier alpha value is 1.00. The van der Waals surface area contributed by atoms with E-state index < -0.39 is 0 Å². The molecule has 0 bridgehead atoms. The topological polar surface area (TPSA) is 0 Å². The minimum atomic E-state index is 0. The summed E-state index contributed by atoms with van der Waals surface area (Å²) in [6.45, 7) is 1.77. The molecule has 0 amide bonds. The molecule has 24 valence electrons. The van der Waals surface area contributed by atoms with Crippen LogP contribution in [0.25, 0.3) is 0 Å². The average molecular weight is 111 g/mol. The summed E-state index contributed by atoms with van der Waals surface area (Å²) in [5, 5.41) is 0. The third-order valence-corrected chi connectivity index (χ3v) is 0. The van der Waals surface area contributed by atoms with Gasteiger partial charge in [0.05, 0.1) is 0 Å². The predicted octanol–water partition coefficient (Wildman–Crippen LogP) is 1.40. The van der Waals surface area contributed by atoms with E-state index in [0.717, 1.165) is 0 Å². The van der Waals surface area contributed by atoms with E-state index in [-0.39, 0.29) is 21.7 Å². The third-order valence-electron chi connectivity index (χ3n) is 0. The Morgan fingerprint density at radius 3 is 1.75 bits per heavy atom. The normalized spacial score (nSPS) is 4.50. The molecule has 0 saturated carbocycles. The van der Waals surface area contributed by atoms with Gasteiger partial charge in [0.25, 0.3) is 0 Å². The second-order valence-corrected chi connectivity index (χ2v) is 0.655. The van der Waals surface area contributed by atoms with Crippen LogP contribution in [0.3, 0.4) is 0 Å². The van der Waals surface area contributed by atoms with Gasteiger partial charge in [0.2, 0.25) is 0 Å². The number of halogens is 1. The third kappa shape index (κ3) is 12.0. The molecule has 0 aromatic rings. The molecule has 0 aliphatic carbocycles. The number of hydrogen-bond acceptors (Lipinski definition) is 0. The van der Waals surface area contributed by atoms with Crippen molar-refractivity contribution in [2.75, 3.05) is 0 Å². The molecule has 0 N–H and O–H groups in total. The summed E-state index contributed by atoms with van der Waals surface area (Å²) < 4.78 is 0. The van der Waals surface area contributed by atoms with Gasteiger partial charge < -0.3 is 11.6 Å². The van der Waals surface area contributed by atoms with Gasteiger partial charge in [-0.1, -0.05) is 0 Å². The molecule has 0 unspecified atom stereocenters. The van der Waals surface area contributed by atoms with Crippen LogP contribution >= 0.6 is 11.6 Å². The van der Waals surface area contributed by atoms with Crippen molar-refractivity contribution in [3.8, 4) is 0 Å². The van der Waals surface area contributed by atoms with Crippen molar-refractivity contribution in [3.63, 3.8) is 0 Å². The monoisotopic (exact) mass is 111 g/mol. The molecule has 0 saturated heterocycles. The molecule has 0 aliphatic heterocycles. The van der Waals surface area contributed by atoms with Crippen molar-refractivity contribution >= 4 is 11.6 Å². The van der Waals surface area contributed by atoms with Gasteiger partial charge in [-0.3, -0.25) is 0 Å². The molecular weight excluding hydrogens is 107 g/mol. The largest absolute Gasteiger partial charge is 0.349 e. The van der Waals surface area contributed by atoms with E-state index in [2.05, 4.69) is 0 Å². The SMILES string of the molecule is C[CH-]Cl.[Ti]. The van der Waals surface area contributed by atoms with Gasteiger partial charge in [0.1, 0.15) is 0 Å². The van der Waals surface area contributed by atoms with Gasteiger partial charge in [-0.05, 0) is 0 Å². The molecule has 0 aliphatic rings. The second kappa shape index (κ2) is 9.00. The van der Waals surface area contributed by atoms with Crippen molar-refractivity contribution < 1.29 is 21.7 Å². The molecule has 0 fully saturated rings. The molecule has 0 aromatic heterocycles. The van der Waals surface area contributed by atoms with Gasteiger partial charge in [0, 0.05) is 21.7 Å². The zero-order chi connectivity index (χ0) is 2.71. The van der Waals surface area contributed by atoms with Crippen LogP contribution in [0.4, 0.5) is 0 Å². The van der Waals surface area contributed by atoms with Crippen molar-refractivity contribution in [2.45, 2.75) is 6.92 Å². The van der Waals surface area contributed by atoms with E-state index in [9.17, 15) is 0 Å². The van der Waals surface area contributed by atoms with E-state index >= 15 is 0 Å². The predicted molar refractivity (Wildman–Crippen MR) is 15.8 cm³/mol. The van der Waals surface area contributed by atoms with E-state index in [1.807, 2.05) is 0 Å². The van der Waals surface area contributed by atoms with E-state index in [1.54, 1.807) is 6.92 Å². The van der Waals surface area contributed by atoms with Crippen LogP contribution in [0.15, 0.2) is 0 Å². The molecule has 0 nitrogen and oxygen atoms in total. The van der Waals surface area contributed by atoms with Gasteiger partial charge in [-0.15, -0.1) is 0 Å². The first-order chi connectivity index (χ1) is 1.41. The van der Waals surface area contributed by atoms with E-state index in [0.29, 0.717) is 0 Å². The van der Waals surface area contributed by atoms with Crippen LogP contribution in [0.1, 0.15) is 6.92 Å². The Morgan fingerprint density at radius 1 is 1.75 bits per heavy atom. The summed E-state index contributed by atoms with van der Waals surface area (Å²) in [5.74, 6) is 1.47. The van der Waals surface area contributed by atoms with Crippen LogP contribution in [-0.2, 0) is 21.7 Å². The maximum Gasteiger partial charge on any atom is 0 e. The molecule has 0 rings (SSSR count). The molecule has 0 atom stereocenters. The minimum absolute atomic E-state index is 0. The fraction of sp³-hybridized carbons (Fsp3) is 0.500. The number of hydrogen-bond donors (Lipinski definition) is 0. The Labute approximate surface area is 46.4 Å². The Morgan fingerprint density at radius 2 is 1.75 bits per heavy atom. The Balaban J connectivity index is 0. The van der Waals surface area contributed by atoms with E-state index in [1.165, 1.54) is 5.88 Å². The van der Waals surface area contributed by atoms with Crippen molar-refractivity contribution in [3.05, 3.63) is 5.88 Å². The van der Waals surface area contributed by atoms with Crippen molar-refractivity contribution in [1.29, 1.82) is 0 Å². The van der Waals surface area contributed by atoms with Gasteiger partial charge in [-0.25, -0.2) is 5.88 Å². The zero-order valence-electron chi connectivity index (χ0n) is 2.46. The summed E-state index contributed by atoms with van der Waals surface area (Å²) in [6, 6.07) is 0. The first-order valence-electron chi connectivity index (χ1n) is 0.796. The minimum Gasteiger partial charge on any atom is -0.349 e. The van der Waals surface area contributed by atoms with Crippen LogP contribution in [0, 0.1) is 5.88 Å². The first kappa shape index (κ1) is 8.89. The summed E-state index contributed by atoms with van der Waals surface area (Å²) >= 11 is 4.87. The fourth-order valence-electron chi connectivity index (χ4n) is 0. The molecule has 0 radical (unpaired) electrons. The van der Waals surface area contributed by atoms with Crippen LogP contribution in [0.2, 0.25) is 0 Å². The standard InChI is InChI=1S/C2H4Cl.Ti/c1-2-3;/h2H,1H3;/q-1;. The molecule has 0 aromatic carbocycles. The molecule has 4 heavy (non-hydrogen) atoms. The molecule has 2 heteroatoms. The molecule has 0 heterocycles. The molecular formula is C2H4ClTi-. The van der Waals surface area contributed by atoms with Gasteiger partial charge >= 0.3 is 0 Å². The Bertz CT molecular complexity index is 6.00. The smallest absolute Gasteiger partial charge is 0 e. The van der Waals surface area contributed by atoms with Gasteiger partial charge in [0.15, 0.2) is 0 Å². The quantitative estimate of drug-likeness (QED) is 0.327. The molecule has 0 spiro atoms. The van der Waals surface area contributed by atoms with Gasteiger partial charge in [-0.2, -0.15) is 6.92 Å². The average Bonchev–Trinajstić information content (AvgIpc) is 0.918. The second-order valence-electron chi connectivity index (χ2n) is 0.218. The summed E-state index contributed by atoms with van der Waals surface area (Å²) in [7, 11) is 0. The summed E-state index contributed by atoms with van der Waals surface area (Å²) in [5.41, 5.74) is 0. The van der Waals surface area contributed by atoms with Crippen LogP contribution in [-0.4, -0.2) is 0 Å².